The Kier molecular flexibility index (Phi) is 6.32. The highest BCUT2D eigenvalue weighted by Gasteiger charge is 2.17. The highest BCUT2D eigenvalue weighted by Crippen LogP contribution is 2.09. The third-order valence-corrected chi connectivity index (χ3v) is 3.57. The van der Waals surface area contributed by atoms with Crippen molar-refractivity contribution in [1.82, 2.24) is 5.32 Å². The molecule has 0 saturated carbocycles. The number of hydrogen-bond donors (Lipinski definition) is 1. The van der Waals surface area contributed by atoms with Crippen LogP contribution in [0.1, 0.15) is 18.1 Å². The Morgan fingerprint density at radius 1 is 1.08 bits per heavy atom. The number of benzene rings is 2. The average Bonchev–Trinajstić information content (AvgIpc) is 2.56. The van der Waals surface area contributed by atoms with Gasteiger partial charge in [0, 0.05) is 11.6 Å². The molecule has 0 aromatic heterocycles. The Hall–Kier alpha value is -2.40. The first-order valence-corrected chi connectivity index (χ1v) is 7.78. The molecule has 0 spiro atoms. The zero-order chi connectivity index (χ0) is 17.5. The standard InChI is InChI=1S/C18H17ClFNO3/c1-12(18(23)21-11-14-2-6-15(19)7-3-14)24-17(22)10-13-4-8-16(20)9-5-13/h2-9,12H,10-11H2,1H3,(H,21,23). The van der Waals surface area contributed by atoms with E-state index < -0.39 is 18.0 Å². The molecular formula is C18H17ClFNO3. The molecule has 0 fully saturated rings. The fourth-order valence-electron chi connectivity index (χ4n) is 2.00. The minimum Gasteiger partial charge on any atom is -0.452 e. The molecule has 126 valence electrons. The summed E-state index contributed by atoms with van der Waals surface area (Å²) in [6, 6.07) is 12.6. The van der Waals surface area contributed by atoms with Crippen LogP contribution < -0.4 is 5.32 Å². The van der Waals surface area contributed by atoms with Crippen LogP contribution in [0.5, 0.6) is 0 Å². The second-order valence-corrected chi connectivity index (χ2v) is 5.72. The number of nitrogens with one attached hydrogen (secondary N) is 1. The lowest BCUT2D eigenvalue weighted by Crippen LogP contribution is -2.35. The number of amides is 1. The minimum atomic E-state index is -0.912. The summed E-state index contributed by atoms with van der Waals surface area (Å²) in [5.74, 6) is -1.31. The van der Waals surface area contributed by atoms with Crippen molar-refractivity contribution in [3.63, 3.8) is 0 Å². The molecule has 0 radical (unpaired) electrons. The summed E-state index contributed by atoms with van der Waals surface area (Å²) in [4.78, 5) is 23.8. The van der Waals surface area contributed by atoms with Crippen LogP contribution in [0.2, 0.25) is 5.02 Å². The average molecular weight is 350 g/mol. The SMILES string of the molecule is CC(OC(=O)Cc1ccc(F)cc1)C(=O)NCc1ccc(Cl)cc1. The van der Waals surface area contributed by atoms with Gasteiger partial charge >= 0.3 is 5.97 Å². The van der Waals surface area contributed by atoms with E-state index in [1.807, 2.05) is 0 Å². The molecule has 24 heavy (non-hydrogen) atoms. The van der Waals surface area contributed by atoms with Gasteiger partial charge in [0.05, 0.1) is 6.42 Å². The molecule has 0 saturated heterocycles. The first-order chi connectivity index (χ1) is 11.4. The fourth-order valence-corrected chi connectivity index (χ4v) is 2.12. The van der Waals surface area contributed by atoms with Crippen molar-refractivity contribution in [1.29, 1.82) is 0 Å². The maximum atomic E-state index is 12.8. The van der Waals surface area contributed by atoms with Gasteiger partial charge in [-0.25, -0.2) is 4.39 Å². The smallest absolute Gasteiger partial charge is 0.311 e. The Bertz CT molecular complexity index is 701. The lowest BCUT2D eigenvalue weighted by atomic mass is 10.1. The molecule has 0 bridgehead atoms. The molecule has 0 aliphatic heterocycles. The second kappa shape index (κ2) is 8.45. The monoisotopic (exact) mass is 349 g/mol. The van der Waals surface area contributed by atoms with Crippen LogP contribution in [0.4, 0.5) is 4.39 Å². The molecule has 1 amide bonds. The zero-order valence-electron chi connectivity index (χ0n) is 13.1. The highest BCUT2D eigenvalue weighted by atomic mass is 35.5. The molecule has 0 heterocycles. The van der Waals surface area contributed by atoms with Crippen molar-refractivity contribution < 1.29 is 18.7 Å². The number of halogens is 2. The topological polar surface area (TPSA) is 55.4 Å². The lowest BCUT2D eigenvalue weighted by Gasteiger charge is -2.13. The van der Waals surface area contributed by atoms with Gasteiger partial charge in [0.15, 0.2) is 6.10 Å². The predicted octanol–water partition coefficient (Wildman–Crippen LogP) is 3.27. The first kappa shape index (κ1) is 17.9. The maximum absolute atomic E-state index is 12.8. The third kappa shape index (κ3) is 5.66. The van der Waals surface area contributed by atoms with Gasteiger partial charge in [-0.2, -0.15) is 0 Å². The van der Waals surface area contributed by atoms with E-state index in [1.54, 1.807) is 24.3 Å². The summed E-state index contributed by atoms with van der Waals surface area (Å²) in [5.41, 5.74) is 1.51. The van der Waals surface area contributed by atoms with Gasteiger partial charge in [0.1, 0.15) is 5.82 Å². The van der Waals surface area contributed by atoms with E-state index in [2.05, 4.69) is 5.32 Å². The summed E-state index contributed by atoms with van der Waals surface area (Å²) >= 11 is 5.79. The van der Waals surface area contributed by atoms with Crippen LogP contribution in [0.25, 0.3) is 0 Å². The number of rotatable bonds is 6. The Morgan fingerprint density at radius 3 is 2.29 bits per heavy atom. The molecule has 1 N–H and O–H groups in total. The van der Waals surface area contributed by atoms with Gasteiger partial charge in [0.25, 0.3) is 5.91 Å². The number of carbonyl (C=O) groups excluding carboxylic acids is 2. The quantitative estimate of drug-likeness (QED) is 0.814. The van der Waals surface area contributed by atoms with Crippen molar-refractivity contribution >= 4 is 23.5 Å². The molecule has 0 aliphatic rings. The van der Waals surface area contributed by atoms with E-state index in [0.29, 0.717) is 17.1 Å². The van der Waals surface area contributed by atoms with Gasteiger partial charge in [-0.05, 0) is 42.3 Å². The van der Waals surface area contributed by atoms with Gasteiger partial charge in [0.2, 0.25) is 0 Å². The Labute approximate surface area is 144 Å². The predicted molar refractivity (Wildman–Crippen MR) is 89.0 cm³/mol. The van der Waals surface area contributed by atoms with Crippen molar-refractivity contribution in [2.45, 2.75) is 26.0 Å². The van der Waals surface area contributed by atoms with E-state index in [-0.39, 0.29) is 12.2 Å². The summed E-state index contributed by atoms with van der Waals surface area (Å²) < 4.78 is 17.9. The first-order valence-electron chi connectivity index (χ1n) is 7.40. The van der Waals surface area contributed by atoms with Gasteiger partial charge in [-0.15, -0.1) is 0 Å². The Morgan fingerprint density at radius 2 is 1.67 bits per heavy atom. The molecule has 2 aromatic rings. The normalized spacial score (nSPS) is 11.6. The maximum Gasteiger partial charge on any atom is 0.311 e. The number of carbonyl (C=O) groups is 2. The van der Waals surface area contributed by atoms with Crippen LogP contribution in [0, 0.1) is 5.82 Å². The van der Waals surface area contributed by atoms with Crippen LogP contribution in [-0.4, -0.2) is 18.0 Å². The fraction of sp³-hybridized carbons (Fsp3) is 0.222. The van der Waals surface area contributed by atoms with Crippen molar-refractivity contribution in [2.75, 3.05) is 0 Å². The van der Waals surface area contributed by atoms with Crippen molar-refractivity contribution in [3.05, 3.63) is 70.5 Å². The number of hydrogen-bond acceptors (Lipinski definition) is 3. The van der Waals surface area contributed by atoms with E-state index in [1.165, 1.54) is 31.2 Å². The minimum absolute atomic E-state index is 0.0188. The molecule has 1 atom stereocenters. The van der Waals surface area contributed by atoms with Crippen molar-refractivity contribution in [2.24, 2.45) is 0 Å². The molecule has 0 aliphatic carbocycles. The van der Waals surface area contributed by atoms with Gasteiger partial charge < -0.3 is 10.1 Å². The molecular weight excluding hydrogens is 333 g/mol. The van der Waals surface area contributed by atoms with E-state index in [0.717, 1.165) is 5.56 Å². The van der Waals surface area contributed by atoms with Crippen LogP contribution in [0.3, 0.4) is 0 Å². The van der Waals surface area contributed by atoms with Crippen LogP contribution in [-0.2, 0) is 27.3 Å². The van der Waals surface area contributed by atoms with Crippen LogP contribution >= 0.6 is 11.6 Å². The molecule has 2 aromatic carbocycles. The summed E-state index contributed by atoms with van der Waals surface area (Å²) in [7, 11) is 0. The number of esters is 1. The zero-order valence-corrected chi connectivity index (χ0v) is 13.8. The van der Waals surface area contributed by atoms with E-state index >= 15 is 0 Å². The third-order valence-electron chi connectivity index (χ3n) is 3.32. The molecule has 6 heteroatoms. The van der Waals surface area contributed by atoms with E-state index in [4.69, 9.17) is 16.3 Å². The highest BCUT2D eigenvalue weighted by molar-refractivity contribution is 6.30. The summed E-state index contributed by atoms with van der Waals surface area (Å²) in [6.07, 6.45) is -0.931. The lowest BCUT2D eigenvalue weighted by molar-refractivity contribution is -0.154. The van der Waals surface area contributed by atoms with E-state index in [9.17, 15) is 14.0 Å². The molecule has 4 nitrogen and oxygen atoms in total. The van der Waals surface area contributed by atoms with Crippen molar-refractivity contribution in [3.8, 4) is 0 Å². The second-order valence-electron chi connectivity index (χ2n) is 5.28. The van der Waals surface area contributed by atoms with Crippen LogP contribution in [0.15, 0.2) is 48.5 Å². The Balaban J connectivity index is 1.78. The number of ether oxygens (including phenoxy) is 1. The molecule has 2 rings (SSSR count). The summed E-state index contributed by atoms with van der Waals surface area (Å²) in [6.45, 7) is 1.82. The molecule has 1 unspecified atom stereocenters. The largest absolute Gasteiger partial charge is 0.452 e. The summed E-state index contributed by atoms with van der Waals surface area (Å²) in [5, 5.41) is 3.30. The van der Waals surface area contributed by atoms with Gasteiger partial charge in [-0.3, -0.25) is 9.59 Å². The van der Waals surface area contributed by atoms with Gasteiger partial charge in [-0.1, -0.05) is 35.9 Å².